The molecule has 0 aromatic heterocycles. The second-order valence-electron chi connectivity index (χ2n) is 9.29. The third-order valence-corrected chi connectivity index (χ3v) is 5.40. The van der Waals surface area contributed by atoms with Crippen LogP contribution in [0.5, 0.6) is 0 Å². The van der Waals surface area contributed by atoms with Crippen molar-refractivity contribution in [2.75, 3.05) is 11.4 Å². The highest BCUT2D eigenvalue weighted by molar-refractivity contribution is 6.28. The highest BCUT2D eigenvalue weighted by Crippen LogP contribution is 2.37. The predicted octanol–water partition coefficient (Wildman–Crippen LogP) is 6.02. The van der Waals surface area contributed by atoms with E-state index in [-0.39, 0.29) is 17.9 Å². The summed E-state index contributed by atoms with van der Waals surface area (Å²) in [4.78, 5) is 19.4. The lowest BCUT2D eigenvalue weighted by atomic mass is 9.86. The number of para-hydroxylation sites is 1. The van der Waals surface area contributed by atoms with Gasteiger partial charge in [-0.2, -0.15) is 0 Å². The van der Waals surface area contributed by atoms with Crippen molar-refractivity contribution in [3.8, 4) is 0 Å². The molecule has 0 saturated heterocycles. The average molecular weight is 377 g/mol. The maximum Gasteiger partial charge on any atom is 0.254 e. The molecule has 1 heterocycles. The minimum atomic E-state index is 0.0462. The topological polar surface area (TPSA) is 32.7 Å². The molecule has 0 fully saturated rings. The molecule has 0 N–H and O–H groups in total. The van der Waals surface area contributed by atoms with Gasteiger partial charge in [0.05, 0.1) is 5.69 Å². The number of carbonyl (C=O) groups excluding carboxylic acids is 1. The van der Waals surface area contributed by atoms with Crippen LogP contribution in [-0.2, 0) is 10.2 Å². The van der Waals surface area contributed by atoms with Crippen molar-refractivity contribution in [3.63, 3.8) is 0 Å². The molecule has 0 unspecified atom stereocenters. The first-order valence-corrected chi connectivity index (χ1v) is 10.2. The Morgan fingerprint density at radius 1 is 0.893 bits per heavy atom. The van der Waals surface area contributed by atoms with Crippen molar-refractivity contribution < 1.29 is 4.79 Å². The highest BCUT2D eigenvalue weighted by atomic mass is 16.2. The largest absolute Gasteiger partial charge is 0.272 e. The first kappa shape index (κ1) is 20.3. The van der Waals surface area contributed by atoms with Crippen LogP contribution in [0.1, 0.15) is 82.6 Å². The number of amidine groups is 1. The molecule has 0 atom stereocenters. The van der Waals surface area contributed by atoms with Gasteiger partial charge in [0.2, 0.25) is 0 Å². The highest BCUT2D eigenvalue weighted by Gasteiger charge is 2.32. The third kappa shape index (κ3) is 3.76. The van der Waals surface area contributed by atoms with Crippen molar-refractivity contribution >= 4 is 17.4 Å². The monoisotopic (exact) mass is 376 g/mol. The van der Waals surface area contributed by atoms with Crippen LogP contribution in [0, 0.1) is 0 Å². The second-order valence-corrected chi connectivity index (χ2v) is 9.29. The molecule has 1 amide bonds. The fourth-order valence-corrected chi connectivity index (χ4v) is 3.74. The summed E-state index contributed by atoms with van der Waals surface area (Å²) in [5, 5.41) is 0. The second kappa shape index (κ2) is 7.54. The summed E-state index contributed by atoms with van der Waals surface area (Å²) < 4.78 is 0. The van der Waals surface area contributed by atoms with Gasteiger partial charge in [0.15, 0.2) is 0 Å². The Hall–Kier alpha value is -2.42. The maximum atomic E-state index is 12.9. The van der Waals surface area contributed by atoms with E-state index >= 15 is 0 Å². The minimum absolute atomic E-state index is 0.0462. The molecule has 3 rings (SSSR count). The van der Waals surface area contributed by atoms with Gasteiger partial charge in [0, 0.05) is 5.56 Å². The van der Waals surface area contributed by atoms with Crippen LogP contribution in [-0.4, -0.2) is 18.3 Å². The molecule has 148 valence electrons. The van der Waals surface area contributed by atoms with Crippen molar-refractivity contribution in [3.05, 3.63) is 64.7 Å². The molecule has 1 aliphatic rings. The van der Waals surface area contributed by atoms with Crippen LogP contribution >= 0.6 is 0 Å². The number of aliphatic imine (C=N–C) groups is 1. The number of hydrogen-bond donors (Lipinski definition) is 0. The van der Waals surface area contributed by atoms with E-state index in [1.807, 2.05) is 4.90 Å². The summed E-state index contributed by atoms with van der Waals surface area (Å²) in [7, 11) is 0. The Bertz CT molecular complexity index is 873. The van der Waals surface area contributed by atoms with Crippen molar-refractivity contribution in [1.82, 2.24) is 0 Å². The molecule has 0 spiro atoms. The van der Waals surface area contributed by atoms with E-state index in [9.17, 15) is 4.79 Å². The summed E-state index contributed by atoms with van der Waals surface area (Å²) in [6, 6.07) is 14.9. The molecular formula is C25H32N2O. The summed E-state index contributed by atoms with van der Waals surface area (Å²) >= 11 is 0. The molecule has 2 aromatic rings. The number of carbonyl (C=O) groups is 1. The third-order valence-electron chi connectivity index (χ3n) is 5.40. The van der Waals surface area contributed by atoms with Crippen molar-refractivity contribution in [1.29, 1.82) is 0 Å². The Balaban J connectivity index is 2.12. The predicted molar refractivity (Wildman–Crippen MR) is 119 cm³/mol. The number of amides is 1. The van der Waals surface area contributed by atoms with Gasteiger partial charge in [-0.25, -0.2) is 0 Å². The molecule has 3 heteroatoms. The Labute approximate surface area is 169 Å². The van der Waals surface area contributed by atoms with E-state index in [1.54, 1.807) is 0 Å². The SMILES string of the molecule is CC(C)c1cccc(C(C)C)c1N1C(=O)CN=C1c1ccc(C(C)(C)C)cc1. The maximum absolute atomic E-state index is 12.9. The van der Waals surface area contributed by atoms with Crippen LogP contribution in [0.2, 0.25) is 0 Å². The molecule has 0 bridgehead atoms. The normalized spacial score (nSPS) is 15.0. The first-order chi connectivity index (χ1) is 13.1. The van der Waals surface area contributed by atoms with Gasteiger partial charge >= 0.3 is 0 Å². The van der Waals surface area contributed by atoms with Gasteiger partial charge in [-0.1, -0.05) is 90.9 Å². The quantitative estimate of drug-likeness (QED) is 0.642. The minimum Gasteiger partial charge on any atom is -0.272 e. The van der Waals surface area contributed by atoms with Crippen LogP contribution in [0.25, 0.3) is 0 Å². The zero-order chi connectivity index (χ0) is 20.6. The smallest absolute Gasteiger partial charge is 0.254 e. The molecule has 28 heavy (non-hydrogen) atoms. The van der Waals surface area contributed by atoms with Crippen LogP contribution in [0.4, 0.5) is 5.69 Å². The standard InChI is InChI=1S/C25H32N2O/c1-16(2)20-9-8-10-21(17(3)4)23(20)27-22(28)15-26-24(27)18-11-13-19(14-12-18)25(5,6)7/h8-14,16-17H,15H2,1-7H3. The van der Waals surface area contributed by atoms with E-state index in [1.165, 1.54) is 16.7 Å². The van der Waals surface area contributed by atoms with E-state index in [2.05, 4.69) is 95.9 Å². The molecule has 0 saturated carbocycles. The van der Waals surface area contributed by atoms with E-state index in [4.69, 9.17) is 0 Å². The molecule has 0 radical (unpaired) electrons. The number of hydrogen-bond acceptors (Lipinski definition) is 2. The lowest BCUT2D eigenvalue weighted by molar-refractivity contribution is -0.115. The Morgan fingerprint density at radius 2 is 1.43 bits per heavy atom. The molecule has 2 aromatic carbocycles. The van der Waals surface area contributed by atoms with Crippen LogP contribution in [0.3, 0.4) is 0 Å². The van der Waals surface area contributed by atoms with Crippen molar-refractivity contribution in [2.45, 2.75) is 65.7 Å². The average Bonchev–Trinajstić information content (AvgIpc) is 3.01. The van der Waals surface area contributed by atoms with Gasteiger partial charge in [0.25, 0.3) is 5.91 Å². The molecule has 1 aliphatic heterocycles. The number of benzene rings is 2. The van der Waals surface area contributed by atoms with Gasteiger partial charge in [-0.15, -0.1) is 0 Å². The lowest BCUT2D eigenvalue weighted by Crippen LogP contribution is -2.35. The first-order valence-electron chi connectivity index (χ1n) is 10.2. The van der Waals surface area contributed by atoms with Gasteiger partial charge in [-0.05, 0) is 33.9 Å². The van der Waals surface area contributed by atoms with E-state index in [0.29, 0.717) is 11.8 Å². The Morgan fingerprint density at radius 3 is 1.89 bits per heavy atom. The van der Waals surface area contributed by atoms with Gasteiger partial charge in [-0.3, -0.25) is 14.7 Å². The molecule has 0 aliphatic carbocycles. The van der Waals surface area contributed by atoms with Crippen molar-refractivity contribution in [2.24, 2.45) is 4.99 Å². The molecule has 3 nitrogen and oxygen atoms in total. The van der Waals surface area contributed by atoms with E-state index in [0.717, 1.165) is 17.1 Å². The summed E-state index contributed by atoms with van der Waals surface area (Å²) in [5.74, 6) is 1.46. The number of nitrogens with zero attached hydrogens (tertiary/aromatic N) is 2. The Kier molecular flexibility index (Phi) is 5.47. The van der Waals surface area contributed by atoms with E-state index < -0.39 is 0 Å². The number of anilines is 1. The summed E-state index contributed by atoms with van der Waals surface area (Å²) in [5.41, 5.74) is 5.78. The fraction of sp³-hybridized carbons (Fsp3) is 0.440. The molecular weight excluding hydrogens is 344 g/mol. The zero-order valence-electron chi connectivity index (χ0n) is 18.2. The number of rotatable bonds is 4. The van der Waals surface area contributed by atoms with Gasteiger partial charge < -0.3 is 0 Å². The summed E-state index contributed by atoms with van der Waals surface area (Å²) in [6.07, 6.45) is 0. The van der Waals surface area contributed by atoms with Crippen LogP contribution in [0.15, 0.2) is 47.5 Å². The van der Waals surface area contributed by atoms with Crippen LogP contribution < -0.4 is 4.90 Å². The zero-order valence-corrected chi connectivity index (χ0v) is 18.2. The lowest BCUT2D eigenvalue weighted by Gasteiger charge is -2.28. The fourth-order valence-electron chi connectivity index (χ4n) is 3.74. The van der Waals surface area contributed by atoms with Gasteiger partial charge in [0.1, 0.15) is 12.4 Å². The summed E-state index contributed by atoms with van der Waals surface area (Å²) in [6.45, 7) is 15.5.